The Labute approximate surface area is 154 Å². The molecule has 0 atom stereocenters. The van der Waals surface area contributed by atoms with Gasteiger partial charge in [-0.25, -0.2) is 13.1 Å². The highest BCUT2D eigenvalue weighted by Crippen LogP contribution is 2.26. The van der Waals surface area contributed by atoms with Crippen LogP contribution in [0.2, 0.25) is 5.02 Å². The van der Waals surface area contributed by atoms with Gasteiger partial charge in [0.1, 0.15) is 4.90 Å². The van der Waals surface area contributed by atoms with E-state index >= 15 is 0 Å². The lowest BCUT2D eigenvalue weighted by Crippen LogP contribution is -2.49. The van der Waals surface area contributed by atoms with E-state index in [0.717, 1.165) is 31.7 Å². The number of carbonyl (C=O) groups excluding carboxylic acids is 3. The number of hydrogen-bond acceptors (Lipinski definition) is 5. The Bertz CT molecular complexity index is 865. The number of amides is 3. The van der Waals surface area contributed by atoms with E-state index in [1.165, 1.54) is 12.1 Å². The molecule has 0 aliphatic heterocycles. The number of hydrazine groups is 1. The summed E-state index contributed by atoms with van der Waals surface area (Å²) in [5, 5.41) is 2.44. The van der Waals surface area contributed by atoms with E-state index in [2.05, 4.69) is 15.5 Å². The minimum absolute atomic E-state index is 0.00643. The van der Waals surface area contributed by atoms with E-state index in [1.807, 2.05) is 5.43 Å². The number of benzene rings is 1. The molecule has 0 radical (unpaired) electrons. The third-order valence-electron chi connectivity index (χ3n) is 3.79. The number of halogens is 1. The van der Waals surface area contributed by atoms with Crippen molar-refractivity contribution in [3.05, 3.63) is 28.8 Å². The summed E-state index contributed by atoms with van der Waals surface area (Å²) in [5.41, 5.74) is 4.01. The van der Waals surface area contributed by atoms with Gasteiger partial charge in [0.05, 0.1) is 5.02 Å². The fourth-order valence-corrected chi connectivity index (χ4v) is 3.89. The van der Waals surface area contributed by atoms with Crippen LogP contribution in [0.5, 0.6) is 0 Å². The summed E-state index contributed by atoms with van der Waals surface area (Å²) in [6.07, 6.45) is 3.16. The maximum Gasteiger partial charge on any atom is 0.327 e. The lowest BCUT2D eigenvalue weighted by molar-refractivity contribution is -0.139. The minimum Gasteiger partial charge on any atom is -0.345 e. The predicted octanol–water partition coefficient (Wildman–Crippen LogP) is -0.180. The Hall–Kier alpha value is -2.17. The molecule has 26 heavy (non-hydrogen) atoms. The van der Waals surface area contributed by atoms with Gasteiger partial charge in [-0.05, 0) is 43.9 Å². The van der Waals surface area contributed by atoms with Crippen LogP contribution in [0.25, 0.3) is 0 Å². The van der Waals surface area contributed by atoms with Gasteiger partial charge in [0.2, 0.25) is 10.0 Å². The second-order valence-corrected chi connectivity index (χ2v) is 8.29. The van der Waals surface area contributed by atoms with Crippen LogP contribution in [0.15, 0.2) is 23.1 Å². The van der Waals surface area contributed by atoms with Crippen molar-refractivity contribution >= 4 is 39.3 Å². The third kappa shape index (κ3) is 4.71. The lowest BCUT2D eigenvalue weighted by atomic mass is 10.2. The molecule has 2 fully saturated rings. The summed E-state index contributed by atoms with van der Waals surface area (Å²) >= 11 is 5.94. The van der Waals surface area contributed by atoms with Crippen LogP contribution in [-0.4, -0.2) is 38.2 Å². The molecule has 0 spiro atoms. The first-order chi connectivity index (χ1) is 12.3. The monoisotopic (exact) mass is 400 g/mol. The Morgan fingerprint density at radius 1 is 0.962 bits per heavy atom. The van der Waals surface area contributed by atoms with Gasteiger partial charge >= 0.3 is 11.8 Å². The Morgan fingerprint density at radius 3 is 2.23 bits per heavy atom. The van der Waals surface area contributed by atoms with Crippen LogP contribution < -0.4 is 20.9 Å². The highest BCUT2D eigenvalue weighted by Gasteiger charge is 2.30. The van der Waals surface area contributed by atoms with Gasteiger partial charge in [0.25, 0.3) is 5.91 Å². The summed E-state index contributed by atoms with van der Waals surface area (Å²) < 4.78 is 27.1. The highest BCUT2D eigenvalue weighted by atomic mass is 35.5. The van der Waals surface area contributed by atoms with Crippen LogP contribution >= 0.6 is 11.6 Å². The van der Waals surface area contributed by atoms with Crippen molar-refractivity contribution in [2.45, 2.75) is 42.7 Å². The second-order valence-electron chi connectivity index (χ2n) is 6.20. The molecule has 1 aromatic carbocycles. The molecule has 1 aromatic rings. The number of carbonyl (C=O) groups is 3. The van der Waals surface area contributed by atoms with Crippen molar-refractivity contribution in [3.8, 4) is 0 Å². The second kappa shape index (κ2) is 7.22. The Morgan fingerprint density at radius 2 is 1.62 bits per heavy atom. The molecule has 2 saturated carbocycles. The first-order valence-electron chi connectivity index (χ1n) is 7.99. The third-order valence-corrected chi connectivity index (χ3v) is 5.79. The van der Waals surface area contributed by atoms with Crippen molar-refractivity contribution < 1.29 is 22.8 Å². The largest absolute Gasteiger partial charge is 0.345 e. The van der Waals surface area contributed by atoms with Gasteiger partial charge in [-0.2, -0.15) is 0 Å². The summed E-state index contributed by atoms with van der Waals surface area (Å²) in [4.78, 5) is 35.0. The minimum atomic E-state index is -3.85. The first kappa shape index (κ1) is 18.6. The average Bonchev–Trinajstić information content (AvgIpc) is 3.49. The van der Waals surface area contributed by atoms with E-state index in [4.69, 9.17) is 11.6 Å². The Balaban J connectivity index is 1.64. The SMILES string of the molecule is O=C(NNC(=O)c1ccc(Cl)c(S(=O)(=O)NC2CC2)c1)C(=O)NC1CC1. The fraction of sp³-hybridized carbons (Fsp3) is 0.400. The standard InChI is InChI=1S/C15H17ClN4O5S/c16-11-6-1-8(7-12(11)26(24,25)20-10-4-5-10)13(21)18-19-15(23)14(22)17-9-2-3-9/h1,6-7,9-10,20H,2-5H2,(H,17,22)(H,18,21)(H,19,23). The van der Waals surface area contributed by atoms with Crippen molar-refractivity contribution in [2.24, 2.45) is 0 Å². The van der Waals surface area contributed by atoms with Gasteiger partial charge in [-0.15, -0.1) is 0 Å². The van der Waals surface area contributed by atoms with E-state index in [0.29, 0.717) is 0 Å². The molecular weight excluding hydrogens is 384 g/mol. The summed E-state index contributed by atoms with van der Waals surface area (Å²) in [6.45, 7) is 0. The number of rotatable bonds is 5. The fourth-order valence-electron chi connectivity index (χ4n) is 2.06. The van der Waals surface area contributed by atoms with Crippen molar-refractivity contribution in [2.75, 3.05) is 0 Å². The van der Waals surface area contributed by atoms with Crippen molar-refractivity contribution in [3.63, 3.8) is 0 Å². The molecule has 140 valence electrons. The van der Waals surface area contributed by atoms with Gasteiger partial charge in [0, 0.05) is 17.6 Å². The van der Waals surface area contributed by atoms with Crippen LogP contribution in [0.1, 0.15) is 36.0 Å². The smallest absolute Gasteiger partial charge is 0.327 e. The molecule has 11 heteroatoms. The van der Waals surface area contributed by atoms with E-state index in [-0.39, 0.29) is 27.6 Å². The Kier molecular flexibility index (Phi) is 5.17. The zero-order valence-corrected chi connectivity index (χ0v) is 15.1. The molecule has 9 nitrogen and oxygen atoms in total. The average molecular weight is 401 g/mol. The van der Waals surface area contributed by atoms with E-state index < -0.39 is 27.7 Å². The number of sulfonamides is 1. The van der Waals surface area contributed by atoms with Gasteiger partial charge in [0.15, 0.2) is 0 Å². The van der Waals surface area contributed by atoms with Crippen molar-refractivity contribution in [1.82, 2.24) is 20.9 Å². The quantitative estimate of drug-likeness (QED) is 0.402. The number of nitrogens with one attached hydrogen (secondary N) is 4. The molecule has 4 N–H and O–H groups in total. The first-order valence-corrected chi connectivity index (χ1v) is 9.85. The van der Waals surface area contributed by atoms with Gasteiger partial charge < -0.3 is 5.32 Å². The van der Waals surface area contributed by atoms with Crippen molar-refractivity contribution in [1.29, 1.82) is 0 Å². The molecule has 0 bridgehead atoms. The van der Waals surface area contributed by atoms with Crippen LogP contribution in [0.4, 0.5) is 0 Å². The number of hydrogen-bond donors (Lipinski definition) is 4. The molecule has 0 unspecified atom stereocenters. The summed E-state index contributed by atoms with van der Waals surface area (Å²) in [5.74, 6) is -2.64. The van der Waals surface area contributed by atoms with Gasteiger partial charge in [-0.3, -0.25) is 25.2 Å². The molecule has 0 aromatic heterocycles. The van der Waals surface area contributed by atoms with Crippen LogP contribution in [0.3, 0.4) is 0 Å². The molecular formula is C15H17ClN4O5S. The predicted molar refractivity (Wildman–Crippen MR) is 91.6 cm³/mol. The van der Waals surface area contributed by atoms with Crippen LogP contribution in [0, 0.1) is 0 Å². The summed E-state index contributed by atoms with van der Waals surface area (Å²) in [6, 6.07) is 3.59. The maximum absolute atomic E-state index is 12.3. The normalized spacial score (nSPS) is 16.7. The lowest BCUT2D eigenvalue weighted by Gasteiger charge is -2.11. The topological polar surface area (TPSA) is 133 Å². The highest BCUT2D eigenvalue weighted by molar-refractivity contribution is 7.89. The zero-order chi connectivity index (χ0) is 18.9. The zero-order valence-electron chi connectivity index (χ0n) is 13.5. The van der Waals surface area contributed by atoms with E-state index in [9.17, 15) is 22.8 Å². The maximum atomic E-state index is 12.3. The molecule has 2 aliphatic rings. The molecule has 0 saturated heterocycles. The molecule has 3 amide bonds. The summed E-state index contributed by atoms with van der Waals surface area (Å²) in [7, 11) is -3.85. The molecule has 3 rings (SSSR count). The van der Waals surface area contributed by atoms with Gasteiger partial charge in [-0.1, -0.05) is 11.6 Å². The molecule has 2 aliphatic carbocycles. The molecule has 0 heterocycles. The van der Waals surface area contributed by atoms with Crippen LogP contribution in [-0.2, 0) is 19.6 Å². The van der Waals surface area contributed by atoms with E-state index in [1.54, 1.807) is 0 Å².